The summed E-state index contributed by atoms with van der Waals surface area (Å²) < 4.78 is 6.95. The standard InChI is InChI=1S/C20H21NO2S/c22-19-17-5-1-2-6-18(17)24-20(19)15-7-9-16(10-8-15)23-14-13-21-11-3-4-12-21/h1-2,5-10,22H,3-4,11-14H2. The predicted octanol–water partition coefficient (Wildman–Crippen LogP) is 4.75. The zero-order valence-electron chi connectivity index (χ0n) is 13.6. The van der Waals surface area contributed by atoms with Gasteiger partial charge in [-0.05, 0) is 67.9 Å². The van der Waals surface area contributed by atoms with E-state index in [0.29, 0.717) is 5.75 Å². The average Bonchev–Trinajstić information content (AvgIpc) is 3.24. The molecule has 0 bridgehead atoms. The third-order valence-electron chi connectivity index (χ3n) is 4.56. The summed E-state index contributed by atoms with van der Waals surface area (Å²) in [4.78, 5) is 3.36. The molecule has 1 aromatic heterocycles. The number of hydrogen-bond donors (Lipinski definition) is 1. The van der Waals surface area contributed by atoms with Gasteiger partial charge in [0.1, 0.15) is 18.1 Å². The topological polar surface area (TPSA) is 32.7 Å². The van der Waals surface area contributed by atoms with E-state index in [9.17, 15) is 5.11 Å². The summed E-state index contributed by atoms with van der Waals surface area (Å²) in [6, 6.07) is 16.0. The van der Waals surface area contributed by atoms with E-state index in [1.165, 1.54) is 25.9 Å². The lowest BCUT2D eigenvalue weighted by atomic mass is 10.1. The molecule has 2 aromatic carbocycles. The van der Waals surface area contributed by atoms with Crippen molar-refractivity contribution in [2.24, 2.45) is 0 Å². The second kappa shape index (κ2) is 6.83. The van der Waals surface area contributed by atoms with Crippen LogP contribution in [0.2, 0.25) is 0 Å². The van der Waals surface area contributed by atoms with Crippen molar-refractivity contribution in [3.63, 3.8) is 0 Å². The summed E-state index contributed by atoms with van der Waals surface area (Å²) in [6.45, 7) is 4.13. The fraction of sp³-hybridized carbons (Fsp3) is 0.300. The zero-order chi connectivity index (χ0) is 16.4. The van der Waals surface area contributed by atoms with Gasteiger partial charge >= 0.3 is 0 Å². The van der Waals surface area contributed by atoms with Crippen molar-refractivity contribution in [1.82, 2.24) is 4.90 Å². The van der Waals surface area contributed by atoms with Crippen LogP contribution in [0.3, 0.4) is 0 Å². The summed E-state index contributed by atoms with van der Waals surface area (Å²) >= 11 is 1.62. The van der Waals surface area contributed by atoms with Gasteiger partial charge in [0.05, 0.1) is 4.88 Å². The van der Waals surface area contributed by atoms with Crippen molar-refractivity contribution < 1.29 is 9.84 Å². The number of hydrogen-bond acceptors (Lipinski definition) is 4. The molecule has 2 heterocycles. The van der Waals surface area contributed by atoms with E-state index >= 15 is 0 Å². The maximum atomic E-state index is 10.4. The Balaban J connectivity index is 1.45. The van der Waals surface area contributed by atoms with E-state index in [1.54, 1.807) is 11.3 Å². The lowest BCUT2D eigenvalue weighted by molar-refractivity contribution is 0.238. The molecule has 3 nitrogen and oxygen atoms in total. The van der Waals surface area contributed by atoms with E-state index < -0.39 is 0 Å². The number of rotatable bonds is 5. The van der Waals surface area contributed by atoms with Crippen LogP contribution in [0, 0.1) is 0 Å². The Bertz CT molecular complexity index is 819. The molecule has 24 heavy (non-hydrogen) atoms. The molecule has 1 fully saturated rings. The first-order chi connectivity index (χ1) is 11.8. The van der Waals surface area contributed by atoms with Crippen molar-refractivity contribution >= 4 is 21.4 Å². The van der Waals surface area contributed by atoms with Gasteiger partial charge in [-0.3, -0.25) is 4.90 Å². The van der Waals surface area contributed by atoms with Crippen molar-refractivity contribution in [1.29, 1.82) is 0 Å². The van der Waals surface area contributed by atoms with Crippen LogP contribution in [-0.4, -0.2) is 36.2 Å². The van der Waals surface area contributed by atoms with E-state index in [2.05, 4.69) is 4.90 Å². The molecule has 0 aliphatic carbocycles. The fourth-order valence-electron chi connectivity index (χ4n) is 3.23. The van der Waals surface area contributed by atoms with Crippen LogP contribution in [0.15, 0.2) is 48.5 Å². The van der Waals surface area contributed by atoms with Gasteiger partial charge < -0.3 is 9.84 Å². The van der Waals surface area contributed by atoms with Crippen LogP contribution in [0.5, 0.6) is 11.5 Å². The average molecular weight is 339 g/mol. The summed E-state index contributed by atoms with van der Waals surface area (Å²) in [5.41, 5.74) is 1.03. The summed E-state index contributed by atoms with van der Waals surface area (Å²) in [6.07, 6.45) is 2.63. The quantitative estimate of drug-likeness (QED) is 0.728. The second-order valence-corrected chi connectivity index (χ2v) is 7.25. The van der Waals surface area contributed by atoms with Gasteiger partial charge in [0.2, 0.25) is 0 Å². The number of ether oxygens (including phenoxy) is 1. The SMILES string of the molecule is Oc1c(-c2ccc(OCCN3CCCC3)cc2)sc2ccccc12. The second-order valence-electron chi connectivity index (χ2n) is 6.20. The first-order valence-electron chi connectivity index (χ1n) is 8.47. The van der Waals surface area contributed by atoms with E-state index in [1.807, 2.05) is 48.5 Å². The molecule has 1 N–H and O–H groups in total. The minimum atomic E-state index is 0.373. The van der Waals surface area contributed by atoms with Crippen LogP contribution in [0.1, 0.15) is 12.8 Å². The van der Waals surface area contributed by atoms with Gasteiger partial charge in [-0.1, -0.05) is 12.1 Å². The van der Waals surface area contributed by atoms with Crippen LogP contribution < -0.4 is 4.74 Å². The van der Waals surface area contributed by atoms with Gasteiger partial charge in [0.15, 0.2) is 0 Å². The molecule has 1 aliphatic rings. The number of likely N-dealkylation sites (tertiary alicyclic amines) is 1. The van der Waals surface area contributed by atoms with Crippen LogP contribution in [0.25, 0.3) is 20.5 Å². The normalized spacial score (nSPS) is 15.2. The largest absolute Gasteiger partial charge is 0.506 e. The molecule has 124 valence electrons. The highest BCUT2D eigenvalue weighted by atomic mass is 32.1. The van der Waals surface area contributed by atoms with Crippen molar-refractivity contribution in [2.45, 2.75) is 12.8 Å². The Hall–Kier alpha value is -2.04. The molecule has 0 spiro atoms. The van der Waals surface area contributed by atoms with Crippen LogP contribution in [0.4, 0.5) is 0 Å². The monoisotopic (exact) mass is 339 g/mol. The highest BCUT2D eigenvalue weighted by Crippen LogP contribution is 2.43. The predicted molar refractivity (Wildman–Crippen MR) is 100 cm³/mol. The van der Waals surface area contributed by atoms with E-state index in [4.69, 9.17) is 4.74 Å². The molecular formula is C20H21NO2S. The number of benzene rings is 2. The highest BCUT2D eigenvalue weighted by molar-refractivity contribution is 7.22. The molecule has 4 heteroatoms. The molecule has 1 aliphatic heterocycles. The Labute approximate surface area is 146 Å². The molecule has 3 aromatic rings. The molecule has 1 saturated heterocycles. The summed E-state index contributed by atoms with van der Waals surface area (Å²) in [5.74, 6) is 1.26. The van der Waals surface area contributed by atoms with Gasteiger partial charge in [0.25, 0.3) is 0 Å². The van der Waals surface area contributed by atoms with Gasteiger partial charge in [0, 0.05) is 16.6 Å². The van der Waals surface area contributed by atoms with Crippen molar-refractivity contribution in [2.75, 3.05) is 26.2 Å². The Kier molecular flexibility index (Phi) is 4.41. The van der Waals surface area contributed by atoms with Gasteiger partial charge in [-0.25, -0.2) is 0 Å². The third-order valence-corrected chi connectivity index (χ3v) is 5.77. The number of fused-ring (bicyclic) bond motifs is 1. The molecule has 0 saturated carbocycles. The first kappa shape index (κ1) is 15.5. The molecule has 4 rings (SSSR count). The van der Waals surface area contributed by atoms with Gasteiger partial charge in [-0.15, -0.1) is 11.3 Å². The Morgan fingerprint density at radius 3 is 2.50 bits per heavy atom. The highest BCUT2D eigenvalue weighted by Gasteiger charge is 2.13. The number of aromatic hydroxyl groups is 1. The van der Waals surface area contributed by atoms with E-state index in [0.717, 1.165) is 39.4 Å². The maximum absolute atomic E-state index is 10.4. The minimum absolute atomic E-state index is 0.373. The third kappa shape index (κ3) is 3.12. The van der Waals surface area contributed by atoms with Crippen molar-refractivity contribution in [3.8, 4) is 21.9 Å². The number of thiophene rings is 1. The minimum Gasteiger partial charge on any atom is -0.506 e. The molecule has 0 atom stereocenters. The molecule has 0 unspecified atom stereocenters. The van der Waals surface area contributed by atoms with E-state index in [-0.39, 0.29) is 0 Å². The lowest BCUT2D eigenvalue weighted by Gasteiger charge is -2.15. The van der Waals surface area contributed by atoms with Crippen LogP contribution in [-0.2, 0) is 0 Å². The molecule has 0 radical (unpaired) electrons. The van der Waals surface area contributed by atoms with Crippen molar-refractivity contribution in [3.05, 3.63) is 48.5 Å². The Morgan fingerprint density at radius 1 is 1.00 bits per heavy atom. The van der Waals surface area contributed by atoms with Gasteiger partial charge in [-0.2, -0.15) is 0 Å². The lowest BCUT2D eigenvalue weighted by Crippen LogP contribution is -2.25. The fourth-order valence-corrected chi connectivity index (χ4v) is 4.33. The Morgan fingerprint density at radius 2 is 1.75 bits per heavy atom. The maximum Gasteiger partial charge on any atom is 0.142 e. The van der Waals surface area contributed by atoms with Crippen LogP contribution >= 0.6 is 11.3 Å². The summed E-state index contributed by atoms with van der Waals surface area (Å²) in [5, 5.41) is 11.4. The zero-order valence-corrected chi connectivity index (χ0v) is 14.4. The molecular weight excluding hydrogens is 318 g/mol. The smallest absolute Gasteiger partial charge is 0.142 e. The number of nitrogens with zero attached hydrogens (tertiary/aromatic N) is 1. The first-order valence-corrected chi connectivity index (χ1v) is 9.29. The molecule has 0 amide bonds. The summed E-state index contributed by atoms with van der Waals surface area (Å²) in [7, 11) is 0.